The van der Waals surface area contributed by atoms with Gasteiger partial charge in [-0.1, -0.05) is 272 Å². The molecule has 0 saturated heterocycles. The lowest BCUT2D eigenvalue weighted by molar-refractivity contribution is -0.166. The molecule has 0 fully saturated rings. The van der Waals surface area contributed by atoms with Gasteiger partial charge >= 0.3 is 17.9 Å². The van der Waals surface area contributed by atoms with Gasteiger partial charge in [-0.15, -0.1) is 0 Å². The van der Waals surface area contributed by atoms with Crippen LogP contribution in [0.2, 0.25) is 0 Å². The zero-order valence-corrected chi connectivity index (χ0v) is 47.2. The summed E-state index contributed by atoms with van der Waals surface area (Å²) in [5, 5.41) is 0. The van der Waals surface area contributed by atoms with Crippen molar-refractivity contribution in [3.8, 4) is 0 Å². The SMILES string of the molecule is CC/C=C\C/C=C\C/C=C\C/C=C\C/C=C\C/C=C\CCC(=O)OC(COC(=O)CCCCCCCCCC)COC(=O)CCCCCCCCCCCCCCCCC/C=C\C/C=C\CCCCCCC. The maximum Gasteiger partial charge on any atom is 0.306 e. The molecule has 0 rings (SSSR count). The number of unbranched alkanes of at least 4 members (excludes halogenated alkanes) is 27. The number of carbonyl (C=O) groups excluding carboxylic acids is 3. The molecule has 0 amide bonds. The van der Waals surface area contributed by atoms with Crippen molar-refractivity contribution in [2.24, 2.45) is 0 Å². The van der Waals surface area contributed by atoms with Gasteiger partial charge in [-0.05, 0) is 89.9 Å². The second-order valence-electron chi connectivity index (χ2n) is 19.9. The van der Waals surface area contributed by atoms with Crippen molar-refractivity contribution in [1.29, 1.82) is 0 Å². The Morgan fingerprint density at radius 1 is 0.292 bits per heavy atom. The van der Waals surface area contributed by atoms with Crippen LogP contribution in [0, 0.1) is 0 Å². The Hall–Kier alpha value is -3.67. The summed E-state index contributed by atoms with van der Waals surface area (Å²) in [7, 11) is 0. The molecule has 0 aromatic heterocycles. The molecule has 72 heavy (non-hydrogen) atoms. The maximum absolute atomic E-state index is 12.8. The van der Waals surface area contributed by atoms with Crippen LogP contribution in [0.3, 0.4) is 0 Å². The van der Waals surface area contributed by atoms with Gasteiger partial charge in [-0.3, -0.25) is 14.4 Å². The molecule has 6 heteroatoms. The van der Waals surface area contributed by atoms with Gasteiger partial charge in [0.15, 0.2) is 6.10 Å². The number of allylic oxidation sites excluding steroid dienone is 16. The van der Waals surface area contributed by atoms with Crippen molar-refractivity contribution >= 4 is 17.9 Å². The van der Waals surface area contributed by atoms with Crippen LogP contribution in [0.1, 0.15) is 284 Å². The molecular formula is C66H112O6. The standard InChI is InChI=1S/C66H112O6/c1-4-7-10-13-16-19-21-23-25-27-29-30-31-32-33-34-35-36-38-39-41-43-45-47-50-53-56-59-65(68)71-62-63(61-70-64(67)58-55-52-49-18-15-12-9-6-3)72-66(69)60-57-54-51-48-46-44-42-40-37-28-26-24-22-20-17-14-11-8-5-2/h8,11,17,20-21,23-24,26-27,29,37,40,44,46,51,54,63H,4-7,9-10,12-16,18-19,22,25,28,30-36,38-39,41-43,45,47-50,52-53,55-62H2,1-3H3/b11-8-,20-17-,23-21-,26-24-,29-27-,40-37-,46-44-,54-51-. The van der Waals surface area contributed by atoms with E-state index >= 15 is 0 Å². The van der Waals surface area contributed by atoms with Crippen LogP contribution in [0.25, 0.3) is 0 Å². The lowest BCUT2D eigenvalue weighted by atomic mass is 10.0. The zero-order chi connectivity index (χ0) is 52.2. The van der Waals surface area contributed by atoms with Gasteiger partial charge in [0, 0.05) is 19.3 Å². The van der Waals surface area contributed by atoms with Gasteiger partial charge in [0.05, 0.1) is 0 Å². The van der Waals surface area contributed by atoms with E-state index in [0.29, 0.717) is 19.3 Å². The third-order valence-electron chi connectivity index (χ3n) is 12.8. The van der Waals surface area contributed by atoms with Gasteiger partial charge in [-0.25, -0.2) is 0 Å². The van der Waals surface area contributed by atoms with E-state index < -0.39 is 12.1 Å². The summed E-state index contributed by atoms with van der Waals surface area (Å²) in [4.78, 5) is 38.0. The van der Waals surface area contributed by atoms with E-state index in [9.17, 15) is 14.4 Å². The molecule has 6 nitrogen and oxygen atoms in total. The molecule has 0 aromatic rings. The minimum Gasteiger partial charge on any atom is -0.462 e. The van der Waals surface area contributed by atoms with Crippen molar-refractivity contribution in [2.45, 2.75) is 290 Å². The first-order valence-electron chi connectivity index (χ1n) is 30.2. The van der Waals surface area contributed by atoms with E-state index in [1.165, 1.54) is 154 Å². The fourth-order valence-corrected chi connectivity index (χ4v) is 8.32. The normalized spacial score (nSPS) is 12.8. The van der Waals surface area contributed by atoms with Gasteiger partial charge in [0.25, 0.3) is 0 Å². The highest BCUT2D eigenvalue weighted by molar-refractivity contribution is 5.71. The molecule has 0 radical (unpaired) electrons. The average Bonchev–Trinajstić information content (AvgIpc) is 3.38. The third-order valence-corrected chi connectivity index (χ3v) is 12.8. The molecular weight excluding hydrogens is 889 g/mol. The monoisotopic (exact) mass is 1000 g/mol. The Balaban J connectivity index is 4.24. The fraction of sp³-hybridized carbons (Fsp3) is 0.712. The molecule has 0 aromatic carbocycles. The fourth-order valence-electron chi connectivity index (χ4n) is 8.32. The number of ether oxygens (including phenoxy) is 3. The second kappa shape index (κ2) is 59.9. The third kappa shape index (κ3) is 57.2. The number of esters is 3. The molecule has 0 aliphatic carbocycles. The Labute approximate surface area is 445 Å². The van der Waals surface area contributed by atoms with Crippen molar-refractivity contribution in [3.05, 3.63) is 97.2 Å². The van der Waals surface area contributed by atoms with Gasteiger partial charge in [0.2, 0.25) is 0 Å². The zero-order valence-electron chi connectivity index (χ0n) is 47.2. The molecule has 0 spiro atoms. The smallest absolute Gasteiger partial charge is 0.306 e. The van der Waals surface area contributed by atoms with Crippen LogP contribution in [0.15, 0.2) is 97.2 Å². The van der Waals surface area contributed by atoms with Crippen LogP contribution in [-0.2, 0) is 28.6 Å². The largest absolute Gasteiger partial charge is 0.462 e. The summed E-state index contributed by atoms with van der Waals surface area (Å²) in [6, 6.07) is 0. The summed E-state index contributed by atoms with van der Waals surface area (Å²) >= 11 is 0. The highest BCUT2D eigenvalue weighted by Gasteiger charge is 2.19. The van der Waals surface area contributed by atoms with Crippen molar-refractivity contribution < 1.29 is 28.6 Å². The van der Waals surface area contributed by atoms with E-state index in [4.69, 9.17) is 14.2 Å². The average molecular weight is 1000 g/mol. The first-order valence-corrected chi connectivity index (χ1v) is 30.2. The van der Waals surface area contributed by atoms with Crippen molar-refractivity contribution in [1.82, 2.24) is 0 Å². The molecule has 1 atom stereocenters. The van der Waals surface area contributed by atoms with E-state index in [2.05, 4.69) is 112 Å². The quantitative estimate of drug-likeness (QED) is 0.0261. The molecule has 1 unspecified atom stereocenters. The first kappa shape index (κ1) is 68.3. The minimum atomic E-state index is -0.816. The highest BCUT2D eigenvalue weighted by atomic mass is 16.6. The van der Waals surface area contributed by atoms with Crippen molar-refractivity contribution in [3.63, 3.8) is 0 Å². The van der Waals surface area contributed by atoms with Crippen LogP contribution >= 0.6 is 0 Å². The number of hydrogen-bond acceptors (Lipinski definition) is 6. The molecule has 0 bridgehead atoms. The van der Waals surface area contributed by atoms with Crippen LogP contribution in [0.4, 0.5) is 0 Å². The Bertz CT molecular complexity index is 1430. The second-order valence-corrected chi connectivity index (χ2v) is 19.9. The van der Waals surface area contributed by atoms with Crippen LogP contribution in [0.5, 0.6) is 0 Å². The predicted octanol–water partition coefficient (Wildman–Crippen LogP) is 20.5. The predicted molar refractivity (Wildman–Crippen MR) is 311 cm³/mol. The van der Waals surface area contributed by atoms with Crippen LogP contribution < -0.4 is 0 Å². The molecule has 0 saturated carbocycles. The van der Waals surface area contributed by atoms with Gasteiger partial charge < -0.3 is 14.2 Å². The molecule has 0 heterocycles. The summed E-state index contributed by atoms with van der Waals surface area (Å²) in [5.41, 5.74) is 0. The van der Waals surface area contributed by atoms with E-state index in [1.807, 2.05) is 6.08 Å². The van der Waals surface area contributed by atoms with Gasteiger partial charge in [0.1, 0.15) is 13.2 Å². The van der Waals surface area contributed by atoms with Crippen LogP contribution in [-0.4, -0.2) is 37.2 Å². The first-order chi connectivity index (χ1) is 35.5. The molecule has 0 N–H and O–H groups in total. The maximum atomic E-state index is 12.8. The van der Waals surface area contributed by atoms with Crippen molar-refractivity contribution in [2.75, 3.05) is 13.2 Å². The lowest BCUT2D eigenvalue weighted by Crippen LogP contribution is -2.30. The summed E-state index contributed by atoms with van der Waals surface area (Å²) in [5.74, 6) is -0.991. The summed E-state index contributed by atoms with van der Waals surface area (Å²) < 4.78 is 16.7. The Morgan fingerprint density at radius 3 is 0.903 bits per heavy atom. The lowest BCUT2D eigenvalue weighted by Gasteiger charge is -2.18. The van der Waals surface area contributed by atoms with E-state index in [-0.39, 0.29) is 31.6 Å². The van der Waals surface area contributed by atoms with E-state index in [0.717, 1.165) is 83.5 Å². The number of rotatable bonds is 54. The minimum absolute atomic E-state index is 0.106. The van der Waals surface area contributed by atoms with E-state index in [1.54, 1.807) is 0 Å². The Kier molecular flexibility index (Phi) is 56.8. The summed E-state index contributed by atoms with van der Waals surface area (Å²) in [6.45, 7) is 6.44. The summed E-state index contributed by atoms with van der Waals surface area (Å²) in [6.07, 6.45) is 80.1. The highest BCUT2D eigenvalue weighted by Crippen LogP contribution is 2.16. The Morgan fingerprint density at radius 2 is 0.569 bits per heavy atom. The number of carbonyl (C=O) groups is 3. The molecule has 0 aliphatic heterocycles. The number of hydrogen-bond donors (Lipinski definition) is 0. The van der Waals surface area contributed by atoms with Gasteiger partial charge in [-0.2, -0.15) is 0 Å². The molecule has 0 aliphatic rings. The molecule has 412 valence electrons. The topological polar surface area (TPSA) is 78.9 Å².